The van der Waals surface area contributed by atoms with E-state index >= 15 is 0 Å². The number of carbonyl (C=O) groups is 3. The maximum Gasteiger partial charge on any atom is 0.331 e. The minimum atomic E-state index is -1.53. The molecule has 0 aromatic carbocycles. The number of allylic oxidation sites excluding steroid dienone is 1. The molecule has 130 valence electrons. The van der Waals surface area contributed by atoms with Crippen molar-refractivity contribution in [2.24, 2.45) is 10.8 Å². The van der Waals surface area contributed by atoms with E-state index in [1.54, 1.807) is 41.5 Å². The molecule has 5 nitrogen and oxygen atoms in total. The van der Waals surface area contributed by atoms with Crippen LogP contribution in [0.15, 0.2) is 11.6 Å². The van der Waals surface area contributed by atoms with Crippen LogP contribution >= 0.6 is 0 Å². The van der Waals surface area contributed by atoms with Crippen LogP contribution in [0.3, 0.4) is 0 Å². The maximum absolute atomic E-state index is 13.0. The highest BCUT2D eigenvalue weighted by Crippen LogP contribution is 2.61. The van der Waals surface area contributed by atoms with Crippen molar-refractivity contribution in [3.8, 4) is 0 Å². The summed E-state index contributed by atoms with van der Waals surface area (Å²) in [6, 6.07) is 0. The van der Waals surface area contributed by atoms with Crippen LogP contribution in [0, 0.1) is 10.8 Å². The predicted octanol–water partition coefficient (Wildman–Crippen LogP) is 2.78. The zero-order chi connectivity index (χ0) is 18.4. The monoisotopic (exact) mass is 323 g/mol. The number of carbonyl (C=O) groups excluding carboxylic acids is 3. The van der Waals surface area contributed by atoms with Crippen LogP contribution in [0.4, 0.5) is 0 Å². The van der Waals surface area contributed by atoms with Crippen molar-refractivity contribution >= 4 is 17.7 Å². The third kappa shape index (κ3) is 2.93. The third-order valence-corrected chi connectivity index (χ3v) is 4.36. The number of esters is 1. The Morgan fingerprint density at radius 2 is 1.48 bits per heavy atom. The Morgan fingerprint density at radius 3 is 1.83 bits per heavy atom. The van der Waals surface area contributed by atoms with Crippen LogP contribution in [-0.4, -0.2) is 28.8 Å². The molecule has 1 amide bonds. The molecule has 0 aromatic heterocycles. The number of nitrogens with one attached hydrogen (secondary N) is 1. The fourth-order valence-corrected chi connectivity index (χ4v) is 3.53. The second-order valence-electron chi connectivity index (χ2n) is 8.61. The summed E-state index contributed by atoms with van der Waals surface area (Å²) in [5.74, 6) is -1.14. The van der Waals surface area contributed by atoms with Crippen LogP contribution in [0.25, 0.3) is 0 Å². The summed E-state index contributed by atoms with van der Waals surface area (Å²) in [5.41, 5.74) is -3.44. The SMILES string of the molecule is CC(C)=CC(=O)OC1(C(=O)NC(C)(C)C)C(C)(C)C(=O)C1(C)C. The molecule has 1 aliphatic rings. The summed E-state index contributed by atoms with van der Waals surface area (Å²) in [4.78, 5) is 37.7. The van der Waals surface area contributed by atoms with Crippen molar-refractivity contribution in [1.82, 2.24) is 5.32 Å². The summed E-state index contributed by atoms with van der Waals surface area (Å²) < 4.78 is 5.65. The van der Waals surface area contributed by atoms with Gasteiger partial charge in [0.05, 0.1) is 10.8 Å². The van der Waals surface area contributed by atoms with E-state index in [1.165, 1.54) is 6.08 Å². The van der Waals surface area contributed by atoms with E-state index in [0.29, 0.717) is 0 Å². The number of hydrogen-bond acceptors (Lipinski definition) is 4. The van der Waals surface area contributed by atoms with E-state index in [0.717, 1.165) is 5.57 Å². The largest absolute Gasteiger partial charge is 0.444 e. The molecule has 0 atom stereocenters. The first-order valence-corrected chi connectivity index (χ1v) is 7.85. The second-order valence-corrected chi connectivity index (χ2v) is 8.61. The van der Waals surface area contributed by atoms with Crippen molar-refractivity contribution in [3.05, 3.63) is 11.6 Å². The highest BCUT2D eigenvalue weighted by Gasteiger charge is 2.79. The van der Waals surface area contributed by atoms with Crippen molar-refractivity contribution in [2.75, 3.05) is 0 Å². The van der Waals surface area contributed by atoms with Gasteiger partial charge >= 0.3 is 5.97 Å². The highest BCUT2D eigenvalue weighted by atomic mass is 16.6. The Balaban J connectivity index is 3.39. The average molecular weight is 323 g/mol. The van der Waals surface area contributed by atoms with Gasteiger partial charge in [0, 0.05) is 11.6 Å². The Kier molecular flexibility index (Phi) is 4.61. The van der Waals surface area contributed by atoms with Gasteiger partial charge in [-0.2, -0.15) is 0 Å². The van der Waals surface area contributed by atoms with E-state index in [-0.39, 0.29) is 5.78 Å². The van der Waals surface area contributed by atoms with Gasteiger partial charge in [0.25, 0.3) is 5.91 Å². The normalized spacial score (nSPS) is 21.0. The Labute approximate surface area is 138 Å². The maximum atomic E-state index is 13.0. The zero-order valence-electron chi connectivity index (χ0n) is 15.7. The molecule has 5 heteroatoms. The van der Waals surface area contributed by atoms with Gasteiger partial charge in [0.1, 0.15) is 0 Å². The van der Waals surface area contributed by atoms with Crippen molar-refractivity contribution < 1.29 is 19.1 Å². The molecule has 0 saturated heterocycles. The molecule has 0 unspecified atom stereocenters. The highest BCUT2D eigenvalue weighted by molar-refractivity contribution is 6.12. The molecule has 0 spiro atoms. The summed E-state index contributed by atoms with van der Waals surface area (Å²) in [7, 11) is 0. The lowest BCUT2D eigenvalue weighted by Crippen LogP contribution is -2.81. The van der Waals surface area contributed by atoms with Gasteiger partial charge in [-0.1, -0.05) is 5.57 Å². The van der Waals surface area contributed by atoms with Gasteiger partial charge in [-0.05, 0) is 62.3 Å². The molecular formula is C18H29NO4. The van der Waals surface area contributed by atoms with E-state index < -0.39 is 33.8 Å². The molecule has 0 aliphatic heterocycles. The average Bonchev–Trinajstić information content (AvgIpc) is 2.30. The molecule has 0 aromatic rings. The molecule has 0 heterocycles. The number of hydrogen-bond donors (Lipinski definition) is 1. The van der Waals surface area contributed by atoms with Gasteiger partial charge in [-0.25, -0.2) is 4.79 Å². The van der Waals surface area contributed by atoms with E-state index in [9.17, 15) is 14.4 Å². The molecule has 1 fully saturated rings. The topological polar surface area (TPSA) is 72.5 Å². The van der Waals surface area contributed by atoms with Crippen LogP contribution < -0.4 is 5.32 Å². The molecule has 1 rings (SSSR count). The van der Waals surface area contributed by atoms with Gasteiger partial charge in [0.2, 0.25) is 5.60 Å². The van der Waals surface area contributed by atoms with Crippen molar-refractivity contribution in [3.63, 3.8) is 0 Å². The molecule has 1 aliphatic carbocycles. The Bertz CT molecular complexity index is 554. The zero-order valence-corrected chi connectivity index (χ0v) is 15.7. The molecular weight excluding hydrogens is 294 g/mol. The Morgan fingerprint density at radius 1 is 1.04 bits per heavy atom. The van der Waals surface area contributed by atoms with E-state index in [1.807, 2.05) is 20.8 Å². The van der Waals surface area contributed by atoms with Crippen molar-refractivity contribution in [1.29, 1.82) is 0 Å². The molecule has 23 heavy (non-hydrogen) atoms. The molecule has 0 radical (unpaired) electrons. The number of ether oxygens (including phenoxy) is 1. The number of rotatable bonds is 3. The van der Waals surface area contributed by atoms with E-state index in [4.69, 9.17) is 4.74 Å². The summed E-state index contributed by atoms with van der Waals surface area (Å²) in [6.45, 7) is 15.7. The van der Waals surface area contributed by atoms with Crippen molar-refractivity contribution in [2.45, 2.75) is 73.5 Å². The lowest BCUT2D eigenvalue weighted by molar-refractivity contribution is -0.234. The molecule has 0 bridgehead atoms. The first kappa shape index (κ1) is 19.4. The van der Waals surface area contributed by atoms with Gasteiger partial charge in [0.15, 0.2) is 5.78 Å². The number of amides is 1. The lowest BCUT2D eigenvalue weighted by atomic mass is 9.43. The van der Waals surface area contributed by atoms with Gasteiger partial charge in [-0.15, -0.1) is 0 Å². The van der Waals surface area contributed by atoms with Crippen LogP contribution in [0.1, 0.15) is 62.3 Å². The molecule has 1 saturated carbocycles. The second kappa shape index (κ2) is 5.46. The first-order valence-electron chi connectivity index (χ1n) is 7.85. The van der Waals surface area contributed by atoms with Crippen LogP contribution in [0.2, 0.25) is 0 Å². The summed E-state index contributed by atoms with van der Waals surface area (Å²) >= 11 is 0. The number of Topliss-reactive ketones (excluding diaryl/α,β-unsaturated/α-hetero) is 1. The lowest BCUT2D eigenvalue weighted by Gasteiger charge is -2.62. The minimum Gasteiger partial charge on any atom is -0.444 e. The smallest absolute Gasteiger partial charge is 0.331 e. The molecule has 1 N–H and O–H groups in total. The minimum absolute atomic E-state index is 0.0981. The third-order valence-electron chi connectivity index (χ3n) is 4.36. The summed E-state index contributed by atoms with van der Waals surface area (Å²) in [6.07, 6.45) is 1.33. The standard InChI is InChI=1S/C18H29NO4/c1-11(2)10-12(20)23-18(14(22)19-15(3,4)5)16(6,7)13(21)17(18,8)9/h10H,1-9H3,(H,19,22). The van der Waals surface area contributed by atoms with E-state index in [2.05, 4.69) is 5.32 Å². The van der Waals surface area contributed by atoms with Gasteiger partial charge in [-0.3, -0.25) is 9.59 Å². The Hall–Kier alpha value is -1.65. The van der Waals surface area contributed by atoms with Crippen LogP contribution in [-0.2, 0) is 19.1 Å². The fraction of sp³-hybridized carbons (Fsp3) is 0.722. The summed E-state index contributed by atoms with van der Waals surface area (Å²) in [5, 5.41) is 2.86. The van der Waals surface area contributed by atoms with Crippen LogP contribution in [0.5, 0.6) is 0 Å². The quantitative estimate of drug-likeness (QED) is 0.640. The number of ketones is 1. The first-order chi connectivity index (χ1) is 10.1. The fourth-order valence-electron chi connectivity index (χ4n) is 3.53. The van der Waals surface area contributed by atoms with Gasteiger partial charge < -0.3 is 10.1 Å². The predicted molar refractivity (Wildman–Crippen MR) is 88.7 cm³/mol.